The molecule has 1 saturated heterocycles. The lowest BCUT2D eigenvalue weighted by atomic mass is 10.1. The summed E-state index contributed by atoms with van der Waals surface area (Å²) in [7, 11) is 0. The van der Waals surface area contributed by atoms with Gasteiger partial charge in [-0.1, -0.05) is 15.9 Å². The molecule has 0 radical (unpaired) electrons. The SMILES string of the molecule is O=C(CCCCBr)NCCC(=O)N1CCCCC1. The molecule has 0 aromatic rings. The number of unbranched alkanes of at least 4 members (excludes halogenated alkanes) is 1. The summed E-state index contributed by atoms with van der Waals surface area (Å²) in [5, 5.41) is 3.75. The van der Waals surface area contributed by atoms with Crippen molar-refractivity contribution in [2.75, 3.05) is 25.0 Å². The van der Waals surface area contributed by atoms with E-state index in [1.807, 2.05) is 4.90 Å². The molecular weight excluding hydrogens is 296 g/mol. The maximum absolute atomic E-state index is 11.8. The Bertz CT molecular complexity index is 266. The largest absolute Gasteiger partial charge is 0.356 e. The van der Waals surface area contributed by atoms with E-state index in [0.29, 0.717) is 19.4 Å². The highest BCUT2D eigenvalue weighted by Gasteiger charge is 2.15. The van der Waals surface area contributed by atoms with E-state index in [1.54, 1.807) is 0 Å². The number of piperidine rings is 1. The quantitative estimate of drug-likeness (QED) is 0.577. The van der Waals surface area contributed by atoms with E-state index >= 15 is 0 Å². The third-order valence-electron chi connectivity index (χ3n) is 3.16. The van der Waals surface area contributed by atoms with Crippen LogP contribution in [-0.2, 0) is 9.59 Å². The zero-order chi connectivity index (χ0) is 13.2. The molecule has 1 heterocycles. The number of nitrogens with one attached hydrogen (secondary N) is 1. The van der Waals surface area contributed by atoms with E-state index in [-0.39, 0.29) is 11.8 Å². The molecule has 5 heteroatoms. The molecule has 0 aromatic carbocycles. The number of carbonyl (C=O) groups is 2. The molecule has 1 N–H and O–H groups in total. The fourth-order valence-electron chi connectivity index (χ4n) is 2.08. The molecule has 1 aliphatic rings. The number of amides is 2. The monoisotopic (exact) mass is 318 g/mol. The van der Waals surface area contributed by atoms with Gasteiger partial charge in [0.15, 0.2) is 0 Å². The Balaban J connectivity index is 2.05. The molecule has 1 rings (SSSR count). The highest BCUT2D eigenvalue weighted by molar-refractivity contribution is 9.09. The summed E-state index contributed by atoms with van der Waals surface area (Å²) in [5.74, 6) is 0.234. The molecule has 0 atom stereocenters. The predicted molar refractivity (Wildman–Crippen MR) is 75.7 cm³/mol. The van der Waals surface area contributed by atoms with E-state index in [1.165, 1.54) is 6.42 Å². The van der Waals surface area contributed by atoms with Crippen LogP contribution in [0, 0.1) is 0 Å². The smallest absolute Gasteiger partial charge is 0.224 e. The Hall–Kier alpha value is -0.580. The second-order valence-corrected chi connectivity index (χ2v) is 5.48. The Morgan fingerprint density at radius 1 is 1.06 bits per heavy atom. The third-order valence-corrected chi connectivity index (χ3v) is 3.72. The standard InChI is InChI=1S/C13H23BrN2O2/c14-8-3-2-6-12(17)15-9-7-13(18)16-10-4-1-5-11-16/h1-11H2,(H,15,17). The number of likely N-dealkylation sites (tertiary alicyclic amines) is 1. The van der Waals surface area contributed by atoms with Gasteiger partial charge in [0, 0.05) is 37.8 Å². The Kier molecular flexibility index (Phi) is 8.05. The van der Waals surface area contributed by atoms with Crippen molar-refractivity contribution >= 4 is 27.7 Å². The van der Waals surface area contributed by atoms with Crippen molar-refractivity contribution in [2.24, 2.45) is 0 Å². The van der Waals surface area contributed by atoms with Crippen LogP contribution in [0.4, 0.5) is 0 Å². The number of hydrogen-bond acceptors (Lipinski definition) is 2. The number of hydrogen-bond donors (Lipinski definition) is 1. The van der Waals surface area contributed by atoms with Gasteiger partial charge in [0.2, 0.25) is 11.8 Å². The van der Waals surface area contributed by atoms with Crippen molar-refractivity contribution in [1.29, 1.82) is 0 Å². The van der Waals surface area contributed by atoms with E-state index < -0.39 is 0 Å². The van der Waals surface area contributed by atoms with Gasteiger partial charge in [-0.25, -0.2) is 0 Å². The summed E-state index contributed by atoms with van der Waals surface area (Å²) < 4.78 is 0. The van der Waals surface area contributed by atoms with Crippen LogP contribution in [0.2, 0.25) is 0 Å². The molecule has 4 nitrogen and oxygen atoms in total. The second-order valence-electron chi connectivity index (χ2n) is 4.69. The Morgan fingerprint density at radius 3 is 2.44 bits per heavy atom. The van der Waals surface area contributed by atoms with Crippen LogP contribution in [0.3, 0.4) is 0 Å². The number of alkyl halides is 1. The molecule has 0 saturated carbocycles. The van der Waals surface area contributed by atoms with E-state index in [0.717, 1.165) is 44.1 Å². The van der Waals surface area contributed by atoms with Crippen molar-refractivity contribution < 1.29 is 9.59 Å². The zero-order valence-electron chi connectivity index (χ0n) is 10.9. The van der Waals surface area contributed by atoms with Gasteiger partial charge < -0.3 is 10.2 Å². The van der Waals surface area contributed by atoms with Gasteiger partial charge in [-0.2, -0.15) is 0 Å². The zero-order valence-corrected chi connectivity index (χ0v) is 12.5. The Morgan fingerprint density at radius 2 is 1.78 bits per heavy atom. The third kappa shape index (κ3) is 6.38. The Labute approximate surface area is 118 Å². The van der Waals surface area contributed by atoms with Crippen LogP contribution in [-0.4, -0.2) is 41.7 Å². The number of rotatable bonds is 7. The molecule has 2 amide bonds. The topological polar surface area (TPSA) is 49.4 Å². The van der Waals surface area contributed by atoms with Gasteiger partial charge in [0.05, 0.1) is 0 Å². The number of halogens is 1. The van der Waals surface area contributed by atoms with E-state index in [9.17, 15) is 9.59 Å². The number of nitrogens with zero attached hydrogens (tertiary/aromatic N) is 1. The molecule has 1 aliphatic heterocycles. The summed E-state index contributed by atoms with van der Waals surface area (Å²) in [6.45, 7) is 2.25. The van der Waals surface area contributed by atoms with Crippen LogP contribution < -0.4 is 5.32 Å². The summed E-state index contributed by atoms with van der Waals surface area (Å²) in [6, 6.07) is 0. The van der Waals surface area contributed by atoms with Crippen LogP contribution in [0.25, 0.3) is 0 Å². The molecular formula is C13H23BrN2O2. The van der Waals surface area contributed by atoms with Crippen molar-refractivity contribution in [3.8, 4) is 0 Å². The molecule has 0 aromatic heterocycles. The van der Waals surface area contributed by atoms with Gasteiger partial charge in [-0.3, -0.25) is 9.59 Å². The fraction of sp³-hybridized carbons (Fsp3) is 0.846. The minimum Gasteiger partial charge on any atom is -0.356 e. The summed E-state index contributed by atoms with van der Waals surface area (Å²) in [6.07, 6.45) is 6.37. The van der Waals surface area contributed by atoms with Crippen molar-refractivity contribution in [3.63, 3.8) is 0 Å². The lowest BCUT2D eigenvalue weighted by Gasteiger charge is -2.26. The molecule has 1 fully saturated rings. The molecule has 0 unspecified atom stereocenters. The molecule has 104 valence electrons. The van der Waals surface area contributed by atoms with Crippen LogP contribution in [0.5, 0.6) is 0 Å². The minimum absolute atomic E-state index is 0.0578. The first-order valence-electron chi connectivity index (χ1n) is 6.84. The summed E-state index contributed by atoms with van der Waals surface area (Å²) >= 11 is 3.33. The lowest BCUT2D eigenvalue weighted by Crippen LogP contribution is -2.37. The maximum Gasteiger partial charge on any atom is 0.224 e. The fourth-order valence-corrected chi connectivity index (χ4v) is 2.48. The molecule has 0 spiro atoms. The van der Waals surface area contributed by atoms with Crippen LogP contribution in [0.15, 0.2) is 0 Å². The van der Waals surface area contributed by atoms with E-state index in [2.05, 4.69) is 21.2 Å². The lowest BCUT2D eigenvalue weighted by molar-refractivity contribution is -0.132. The molecule has 0 bridgehead atoms. The minimum atomic E-state index is 0.0578. The van der Waals surface area contributed by atoms with E-state index in [4.69, 9.17) is 0 Å². The van der Waals surface area contributed by atoms with Gasteiger partial charge in [0.25, 0.3) is 0 Å². The van der Waals surface area contributed by atoms with Crippen LogP contribution >= 0.6 is 15.9 Å². The average Bonchev–Trinajstić information content (AvgIpc) is 2.40. The first kappa shape index (κ1) is 15.5. The van der Waals surface area contributed by atoms with Gasteiger partial charge in [-0.05, 0) is 32.1 Å². The van der Waals surface area contributed by atoms with Gasteiger partial charge in [-0.15, -0.1) is 0 Å². The van der Waals surface area contributed by atoms with Crippen LogP contribution in [0.1, 0.15) is 44.9 Å². The first-order chi connectivity index (χ1) is 8.74. The predicted octanol–water partition coefficient (Wildman–Crippen LogP) is 2.07. The highest BCUT2D eigenvalue weighted by atomic mass is 79.9. The molecule has 0 aliphatic carbocycles. The van der Waals surface area contributed by atoms with Crippen molar-refractivity contribution in [3.05, 3.63) is 0 Å². The number of carbonyl (C=O) groups excluding carboxylic acids is 2. The van der Waals surface area contributed by atoms with Gasteiger partial charge >= 0.3 is 0 Å². The average molecular weight is 319 g/mol. The first-order valence-corrected chi connectivity index (χ1v) is 7.96. The maximum atomic E-state index is 11.8. The summed E-state index contributed by atoms with van der Waals surface area (Å²) in [5.41, 5.74) is 0. The molecule has 18 heavy (non-hydrogen) atoms. The van der Waals surface area contributed by atoms with Crippen molar-refractivity contribution in [2.45, 2.75) is 44.9 Å². The summed E-state index contributed by atoms with van der Waals surface area (Å²) in [4.78, 5) is 25.1. The normalized spacial score (nSPS) is 15.5. The second kappa shape index (κ2) is 9.36. The van der Waals surface area contributed by atoms with Crippen molar-refractivity contribution in [1.82, 2.24) is 10.2 Å². The van der Waals surface area contributed by atoms with Gasteiger partial charge in [0.1, 0.15) is 0 Å². The highest BCUT2D eigenvalue weighted by Crippen LogP contribution is 2.09.